The molecule has 5 heteroatoms. The number of hydrogen-bond acceptors (Lipinski definition) is 3. The van der Waals surface area contributed by atoms with Crippen molar-refractivity contribution in [2.75, 3.05) is 20.2 Å². The van der Waals surface area contributed by atoms with Crippen LogP contribution in [0.4, 0.5) is 0 Å². The molecule has 1 aromatic carbocycles. The molecule has 114 valence electrons. The smallest absolute Gasteiger partial charge is 0.232 e. The van der Waals surface area contributed by atoms with Crippen LogP contribution in [0, 0.1) is 0 Å². The van der Waals surface area contributed by atoms with Gasteiger partial charge in [0.2, 0.25) is 11.8 Å². The van der Waals surface area contributed by atoms with Crippen LogP contribution in [-0.4, -0.2) is 43.0 Å². The Morgan fingerprint density at radius 2 is 2.10 bits per heavy atom. The summed E-state index contributed by atoms with van der Waals surface area (Å²) in [4.78, 5) is 25.3. The van der Waals surface area contributed by atoms with E-state index in [-0.39, 0.29) is 24.3 Å². The van der Waals surface area contributed by atoms with E-state index in [4.69, 9.17) is 4.74 Å². The standard InChI is InChI=1S/C16H22N2O3/c1-18(12-13-6-3-2-4-7-13)16(20)10-15(19)17-11-14-8-5-9-21-14/h2-4,6-7,14H,5,8-12H2,1H3,(H,17,19). The Hall–Kier alpha value is -1.88. The van der Waals surface area contributed by atoms with Gasteiger partial charge in [-0.15, -0.1) is 0 Å². The first-order valence-corrected chi connectivity index (χ1v) is 7.31. The van der Waals surface area contributed by atoms with Gasteiger partial charge in [-0.1, -0.05) is 30.3 Å². The van der Waals surface area contributed by atoms with E-state index in [2.05, 4.69) is 5.32 Å². The minimum absolute atomic E-state index is 0.103. The molecule has 1 saturated heterocycles. The summed E-state index contributed by atoms with van der Waals surface area (Å²) < 4.78 is 5.42. The van der Waals surface area contributed by atoms with Gasteiger partial charge in [-0.2, -0.15) is 0 Å². The van der Waals surface area contributed by atoms with Crippen molar-refractivity contribution in [3.8, 4) is 0 Å². The van der Waals surface area contributed by atoms with Crippen LogP contribution in [-0.2, 0) is 20.9 Å². The lowest BCUT2D eigenvalue weighted by Gasteiger charge is -2.17. The Bertz CT molecular complexity index is 470. The van der Waals surface area contributed by atoms with Gasteiger partial charge in [0, 0.05) is 26.7 Å². The van der Waals surface area contributed by atoms with Crippen LogP contribution in [0.1, 0.15) is 24.8 Å². The number of rotatable bonds is 6. The molecular weight excluding hydrogens is 268 g/mol. The SMILES string of the molecule is CN(Cc1ccccc1)C(=O)CC(=O)NCC1CCCO1. The van der Waals surface area contributed by atoms with Crippen molar-refractivity contribution in [2.24, 2.45) is 0 Å². The highest BCUT2D eigenvalue weighted by Crippen LogP contribution is 2.10. The van der Waals surface area contributed by atoms with E-state index in [9.17, 15) is 9.59 Å². The van der Waals surface area contributed by atoms with Crippen LogP contribution < -0.4 is 5.32 Å². The van der Waals surface area contributed by atoms with E-state index >= 15 is 0 Å². The van der Waals surface area contributed by atoms with Crippen LogP contribution in [0.25, 0.3) is 0 Å². The van der Waals surface area contributed by atoms with Crippen LogP contribution in [0.2, 0.25) is 0 Å². The Balaban J connectivity index is 1.71. The predicted molar refractivity (Wildman–Crippen MR) is 79.5 cm³/mol. The molecule has 5 nitrogen and oxygen atoms in total. The molecular formula is C16H22N2O3. The summed E-state index contributed by atoms with van der Waals surface area (Å²) in [6, 6.07) is 9.72. The maximum absolute atomic E-state index is 12.0. The summed E-state index contributed by atoms with van der Waals surface area (Å²) in [5.74, 6) is -0.417. The monoisotopic (exact) mass is 290 g/mol. The molecule has 1 atom stereocenters. The van der Waals surface area contributed by atoms with Gasteiger partial charge in [-0.05, 0) is 18.4 Å². The summed E-state index contributed by atoms with van der Waals surface area (Å²) in [6.45, 7) is 1.77. The Morgan fingerprint density at radius 3 is 2.76 bits per heavy atom. The van der Waals surface area contributed by atoms with Crippen LogP contribution in [0.5, 0.6) is 0 Å². The highest BCUT2D eigenvalue weighted by atomic mass is 16.5. The second-order valence-corrected chi connectivity index (χ2v) is 5.35. The summed E-state index contributed by atoms with van der Waals surface area (Å²) in [5, 5.41) is 2.76. The third-order valence-corrected chi connectivity index (χ3v) is 3.55. The minimum Gasteiger partial charge on any atom is -0.376 e. The van der Waals surface area contributed by atoms with Gasteiger partial charge in [-0.3, -0.25) is 9.59 Å². The van der Waals surface area contributed by atoms with E-state index in [0.717, 1.165) is 25.0 Å². The second kappa shape index (κ2) is 7.78. The normalized spacial score (nSPS) is 17.5. The van der Waals surface area contributed by atoms with Crippen LogP contribution in [0.3, 0.4) is 0 Å². The van der Waals surface area contributed by atoms with Crippen LogP contribution >= 0.6 is 0 Å². The molecule has 2 amide bonds. The lowest BCUT2D eigenvalue weighted by Crippen LogP contribution is -2.36. The molecule has 1 aliphatic heterocycles. The first-order chi connectivity index (χ1) is 10.1. The lowest BCUT2D eigenvalue weighted by molar-refractivity contribution is -0.135. The molecule has 0 bridgehead atoms. The molecule has 0 spiro atoms. The van der Waals surface area contributed by atoms with E-state index in [0.29, 0.717) is 13.1 Å². The average molecular weight is 290 g/mol. The Kier molecular flexibility index (Phi) is 5.75. The van der Waals surface area contributed by atoms with E-state index in [1.54, 1.807) is 11.9 Å². The fourth-order valence-corrected chi connectivity index (χ4v) is 2.31. The topological polar surface area (TPSA) is 58.6 Å². The summed E-state index contributed by atoms with van der Waals surface area (Å²) >= 11 is 0. The van der Waals surface area contributed by atoms with Crippen molar-refractivity contribution in [1.82, 2.24) is 10.2 Å². The highest BCUT2D eigenvalue weighted by Gasteiger charge is 2.18. The third-order valence-electron chi connectivity index (χ3n) is 3.55. The molecule has 1 unspecified atom stereocenters. The van der Waals surface area contributed by atoms with Crippen molar-refractivity contribution >= 4 is 11.8 Å². The molecule has 1 heterocycles. The summed E-state index contributed by atoms with van der Waals surface area (Å²) in [7, 11) is 1.71. The van der Waals surface area contributed by atoms with E-state index < -0.39 is 0 Å². The quantitative estimate of drug-likeness (QED) is 0.804. The predicted octanol–water partition coefficient (Wildman–Crippen LogP) is 1.33. The zero-order valence-electron chi connectivity index (χ0n) is 12.4. The zero-order valence-corrected chi connectivity index (χ0v) is 12.4. The molecule has 1 aliphatic rings. The third kappa shape index (κ3) is 5.19. The first-order valence-electron chi connectivity index (χ1n) is 7.31. The molecule has 0 saturated carbocycles. The number of ether oxygens (including phenoxy) is 1. The van der Waals surface area contributed by atoms with Crippen LogP contribution in [0.15, 0.2) is 30.3 Å². The Morgan fingerprint density at radius 1 is 1.33 bits per heavy atom. The molecule has 0 aromatic heterocycles. The summed E-state index contributed by atoms with van der Waals surface area (Å²) in [6.07, 6.45) is 2.00. The zero-order chi connectivity index (χ0) is 15.1. The molecule has 1 N–H and O–H groups in total. The van der Waals surface area contributed by atoms with Gasteiger partial charge in [0.1, 0.15) is 6.42 Å². The maximum atomic E-state index is 12.0. The van der Waals surface area contributed by atoms with Crippen molar-refractivity contribution in [3.63, 3.8) is 0 Å². The van der Waals surface area contributed by atoms with Gasteiger partial charge < -0.3 is 15.0 Å². The fraction of sp³-hybridized carbons (Fsp3) is 0.500. The first kappa shape index (κ1) is 15.5. The van der Waals surface area contributed by atoms with Gasteiger partial charge in [-0.25, -0.2) is 0 Å². The van der Waals surface area contributed by atoms with Crippen molar-refractivity contribution < 1.29 is 14.3 Å². The largest absolute Gasteiger partial charge is 0.376 e. The van der Waals surface area contributed by atoms with E-state index in [1.165, 1.54) is 0 Å². The van der Waals surface area contributed by atoms with Gasteiger partial charge >= 0.3 is 0 Å². The molecule has 1 fully saturated rings. The lowest BCUT2D eigenvalue weighted by atomic mass is 10.2. The van der Waals surface area contributed by atoms with E-state index in [1.807, 2.05) is 30.3 Å². The highest BCUT2D eigenvalue weighted by molar-refractivity contribution is 5.96. The molecule has 2 rings (SSSR count). The van der Waals surface area contributed by atoms with Gasteiger partial charge in [0.25, 0.3) is 0 Å². The molecule has 0 aliphatic carbocycles. The number of carbonyl (C=O) groups is 2. The average Bonchev–Trinajstić information content (AvgIpc) is 2.99. The number of nitrogens with zero attached hydrogens (tertiary/aromatic N) is 1. The van der Waals surface area contributed by atoms with Gasteiger partial charge in [0.15, 0.2) is 0 Å². The minimum atomic E-state index is -0.240. The van der Waals surface area contributed by atoms with Crippen molar-refractivity contribution in [1.29, 1.82) is 0 Å². The molecule has 1 aromatic rings. The summed E-state index contributed by atoms with van der Waals surface area (Å²) in [5.41, 5.74) is 1.05. The second-order valence-electron chi connectivity index (χ2n) is 5.35. The van der Waals surface area contributed by atoms with Gasteiger partial charge in [0.05, 0.1) is 6.10 Å². The number of hydrogen-bond donors (Lipinski definition) is 1. The number of benzene rings is 1. The number of amides is 2. The number of carbonyl (C=O) groups excluding carboxylic acids is 2. The Labute approximate surface area is 125 Å². The van der Waals surface area contributed by atoms with Crippen molar-refractivity contribution in [2.45, 2.75) is 31.9 Å². The fourth-order valence-electron chi connectivity index (χ4n) is 2.31. The van der Waals surface area contributed by atoms with Crippen molar-refractivity contribution in [3.05, 3.63) is 35.9 Å². The maximum Gasteiger partial charge on any atom is 0.232 e. The molecule has 0 radical (unpaired) electrons. The number of nitrogens with one attached hydrogen (secondary N) is 1. The molecule has 21 heavy (non-hydrogen) atoms.